The highest BCUT2D eigenvalue weighted by molar-refractivity contribution is 7.89. The third-order valence-corrected chi connectivity index (χ3v) is 4.93. The van der Waals surface area contributed by atoms with Crippen LogP contribution in [0.15, 0.2) is 5.03 Å². The van der Waals surface area contributed by atoms with Gasteiger partial charge in [0.05, 0.1) is 0 Å². The van der Waals surface area contributed by atoms with Gasteiger partial charge >= 0.3 is 0 Å². The van der Waals surface area contributed by atoms with Crippen molar-refractivity contribution in [3.63, 3.8) is 0 Å². The monoisotopic (exact) mass is 316 g/mol. The van der Waals surface area contributed by atoms with E-state index in [1.807, 2.05) is 0 Å². The quantitative estimate of drug-likeness (QED) is 0.575. The molecular formula is C14H28N4O2S. The molecule has 1 heterocycles. The first-order valence-corrected chi connectivity index (χ1v) is 9.10. The molecule has 1 rings (SSSR count). The lowest BCUT2D eigenvalue weighted by atomic mass is 10.0. The van der Waals surface area contributed by atoms with Gasteiger partial charge in [0, 0.05) is 24.3 Å². The van der Waals surface area contributed by atoms with Crippen molar-refractivity contribution in [3.05, 3.63) is 11.3 Å². The predicted octanol–water partition coefficient (Wildman–Crippen LogP) is 2.06. The third kappa shape index (κ3) is 5.76. The van der Waals surface area contributed by atoms with Crippen molar-refractivity contribution < 1.29 is 8.42 Å². The number of aryl methyl sites for hydroxylation is 1. The molecule has 0 aliphatic rings. The topological polar surface area (TPSA) is 101 Å². The summed E-state index contributed by atoms with van der Waals surface area (Å²) in [7, 11) is -3.56. The molecule has 0 unspecified atom stereocenters. The van der Waals surface area contributed by atoms with Crippen molar-refractivity contribution in [1.82, 2.24) is 14.9 Å². The van der Waals surface area contributed by atoms with E-state index in [9.17, 15) is 8.42 Å². The van der Waals surface area contributed by atoms with Gasteiger partial charge in [-0.2, -0.15) is 5.10 Å². The summed E-state index contributed by atoms with van der Waals surface area (Å²) in [5.41, 5.74) is 6.83. The molecule has 0 aliphatic carbocycles. The van der Waals surface area contributed by atoms with Gasteiger partial charge in [0.25, 0.3) is 10.0 Å². The molecule has 0 radical (unpaired) electrons. The summed E-state index contributed by atoms with van der Waals surface area (Å²) < 4.78 is 26.9. The maximum absolute atomic E-state index is 12.2. The number of hydrogen-bond acceptors (Lipinski definition) is 4. The molecule has 0 spiro atoms. The number of aromatic nitrogens is 2. The number of sulfonamides is 1. The fourth-order valence-corrected chi connectivity index (χ4v) is 3.48. The van der Waals surface area contributed by atoms with Crippen LogP contribution < -0.4 is 10.5 Å². The molecule has 122 valence electrons. The van der Waals surface area contributed by atoms with Gasteiger partial charge in [-0.1, -0.05) is 39.5 Å². The zero-order valence-corrected chi connectivity index (χ0v) is 14.1. The van der Waals surface area contributed by atoms with Crippen molar-refractivity contribution >= 4 is 10.0 Å². The maximum Gasteiger partial charge on any atom is 0.260 e. The molecule has 0 fully saturated rings. The van der Waals surface area contributed by atoms with Gasteiger partial charge in [-0.3, -0.25) is 5.10 Å². The molecule has 0 aliphatic heterocycles. The highest BCUT2D eigenvalue weighted by Gasteiger charge is 2.22. The molecule has 0 amide bonds. The molecule has 7 heteroatoms. The Morgan fingerprint density at radius 2 is 1.90 bits per heavy atom. The Morgan fingerprint density at radius 3 is 2.52 bits per heavy atom. The van der Waals surface area contributed by atoms with Gasteiger partial charge in [0.15, 0.2) is 5.03 Å². The fraction of sp³-hybridized carbons (Fsp3) is 0.786. The summed E-state index contributed by atoms with van der Waals surface area (Å²) in [6.45, 7) is 6.81. The summed E-state index contributed by atoms with van der Waals surface area (Å²) in [6.07, 6.45) is 5.48. The number of H-pyrrole nitrogens is 1. The zero-order chi connectivity index (χ0) is 15.9. The second-order valence-corrected chi connectivity index (χ2v) is 7.51. The molecule has 0 saturated heterocycles. The van der Waals surface area contributed by atoms with Crippen LogP contribution in [0.2, 0.25) is 0 Å². The van der Waals surface area contributed by atoms with Crippen LogP contribution in [-0.2, 0) is 16.6 Å². The van der Waals surface area contributed by atoms with Crippen LogP contribution >= 0.6 is 0 Å². The normalized spacial score (nSPS) is 12.2. The van der Waals surface area contributed by atoms with Crippen molar-refractivity contribution in [2.24, 2.45) is 11.7 Å². The summed E-state index contributed by atoms with van der Waals surface area (Å²) >= 11 is 0. The van der Waals surface area contributed by atoms with Gasteiger partial charge in [0.2, 0.25) is 0 Å². The van der Waals surface area contributed by atoms with Crippen LogP contribution in [0.25, 0.3) is 0 Å². The van der Waals surface area contributed by atoms with Gasteiger partial charge in [-0.05, 0) is 19.3 Å². The van der Waals surface area contributed by atoms with Crippen LogP contribution in [0.4, 0.5) is 0 Å². The Balaban J connectivity index is 2.37. The highest BCUT2D eigenvalue weighted by atomic mass is 32.2. The molecule has 6 nitrogen and oxygen atoms in total. The molecule has 0 aromatic carbocycles. The molecule has 0 bridgehead atoms. The molecule has 1 aromatic heterocycles. The summed E-state index contributed by atoms with van der Waals surface area (Å²) in [5, 5.41) is 6.55. The average Bonchev–Trinajstić information content (AvgIpc) is 2.79. The third-order valence-electron chi connectivity index (χ3n) is 3.49. The largest absolute Gasteiger partial charge is 0.326 e. The van der Waals surface area contributed by atoms with E-state index in [1.54, 1.807) is 6.92 Å². The zero-order valence-electron chi connectivity index (χ0n) is 13.3. The minimum absolute atomic E-state index is 0.0299. The summed E-state index contributed by atoms with van der Waals surface area (Å²) in [4.78, 5) is 0. The van der Waals surface area contributed by atoms with E-state index in [2.05, 4.69) is 28.8 Å². The van der Waals surface area contributed by atoms with E-state index in [0.717, 1.165) is 25.2 Å². The Hall–Kier alpha value is -0.920. The standard InChI is InChI=1S/C14H28N4O2S/c1-11(2)8-6-4-5-7-9-16-21(19,20)14-13(10-15)12(3)17-18-14/h11,16H,4-10,15H2,1-3H3,(H,17,18). The summed E-state index contributed by atoms with van der Waals surface area (Å²) in [5.74, 6) is 0.737. The Labute approximate surface area is 127 Å². The number of nitrogens with two attached hydrogens (primary N) is 1. The van der Waals surface area contributed by atoms with Gasteiger partial charge in [-0.25, -0.2) is 13.1 Å². The van der Waals surface area contributed by atoms with Crippen LogP contribution in [0.3, 0.4) is 0 Å². The van der Waals surface area contributed by atoms with Gasteiger partial charge < -0.3 is 5.73 Å². The van der Waals surface area contributed by atoms with E-state index >= 15 is 0 Å². The van der Waals surface area contributed by atoms with Crippen molar-refractivity contribution in [3.8, 4) is 0 Å². The Kier molecular flexibility index (Phi) is 7.34. The molecule has 0 saturated carbocycles. The number of hydrogen-bond donors (Lipinski definition) is 3. The minimum atomic E-state index is -3.56. The van der Waals surface area contributed by atoms with Crippen LogP contribution in [0.5, 0.6) is 0 Å². The van der Waals surface area contributed by atoms with E-state index < -0.39 is 10.0 Å². The predicted molar refractivity (Wildman–Crippen MR) is 84.3 cm³/mol. The molecule has 0 atom stereocenters. The summed E-state index contributed by atoms with van der Waals surface area (Å²) in [6, 6.07) is 0. The second-order valence-electron chi connectivity index (χ2n) is 5.83. The van der Waals surface area contributed by atoms with Gasteiger partial charge in [0.1, 0.15) is 0 Å². The Bertz CT molecular complexity index is 523. The van der Waals surface area contributed by atoms with E-state index in [1.165, 1.54) is 12.8 Å². The lowest BCUT2D eigenvalue weighted by Gasteiger charge is -2.07. The first kappa shape index (κ1) is 18.1. The first-order valence-electron chi connectivity index (χ1n) is 7.62. The second kappa shape index (κ2) is 8.51. The molecule has 21 heavy (non-hydrogen) atoms. The SMILES string of the molecule is Cc1[nH]nc(S(=O)(=O)NCCCCCCC(C)C)c1CN. The van der Waals surface area contributed by atoms with Crippen molar-refractivity contribution in [2.45, 2.75) is 64.4 Å². The smallest absolute Gasteiger partial charge is 0.260 e. The number of nitrogens with zero attached hydrogens (tertiary/aromatic N) is 1. The van der Waals surface area contributed by atoms with Crippen molar-refractivity contribution in [2.75, 3.05) is 6.54 Å². The van der Waals surface area contributed by atoms with E-state index in [4.69, 9.17) is 5.73 Å². The average molecular weight is 316 g/mol. The number of nitrogens with one attached hydrogen (secondary N) is 2. The molecule has 1 aromatic rings. The number of rotatable bonds is 10. The van der Waals surface area contributed by atoms with Crippen molar-refractivity contribution in [1.29, 1.82) is 0 Å². The fourth-order valence-electron chi connectivity index (χ4n) is 2.20. The highest BCUT2D eigenvalue weighted by Crippen LogP contribution is 2.15. The number of unbranched alkanes of at least 4 members (excludes halogenated alkanes) is 3. The lowest BCUT2D eigenvalue weighted by molar-refractivity contribution is 0.517. The first-order chi connectivity index (χ1) is 9.88. The van der Waals surface area contributed by atoms with E-state index in [0.29, 0.717) is 17.8 Å². The number of aromatic amines is 1. The molecular weight excluding hydrogens is 288 g/mol. The molecule has 4 N–H and O–H groups in total. The minimum Gasteiger partial charge on any atom is -0.326 e. The van der Waals surface area contributed by atoms with E-state index in [-0.39, 0.29) is 11.6 Å². The lowest BCUT2D eigenvalue weighted by Crippen LogP contribution is -2.26. The van der Waals surface area contributed by atoms with Gasteiger partial charge in [-0.15, -0.1) is 0 Å². The Morgan fingerprint density at radius 1 is 1.24 bits per heavy atom. The van der Waals surface area contributed by atoms with Crippen LogP contribution in [0.1, 0.15) is 57.2 Å². The maximum atomic E-state index is 12.2. The van der Waals surface area contributed by atoms with Crippen LogP contribution in [-0.4, -0.2) is 25.2 Å². The van der Waals surface area contributed by atoms with Crippen LogP contribution in [0, 0.1) is 12.8 Å².